The van der Waals surface area contributed by atoms with Crippen LogP contribution in [0.2, 0.25) is 0 Å². The van der Waals surface area contributed by atoms with E-state index < -0.39 is 5.60 Å². The lowest BCUT2D eigenvalue weighted by Crippen LogP contribution is -2.50. The molecule has 1 unspecified atom stereocenters. The lowest BCUT2D eigenvalue weighted by molar-refractivity contribution is -0.0290. The molecule has 3 N–H and O–H groups in total. The summed E-state index contributed by atoms with van der Waals surface area (Å²) in [5.74, 6) is 0.410. The second-order valence-corrected chi connectivity index (χ2v) is 6.43. The molecule has 1 aromatic carbocycles. The van der Waals surface area contributed by atoms with Crippen molar-refractivity contribution in [2.75, 3.05) is 13.1 Å². The van der Waals surface area contributed by atoms with Crippen LogP contribution in [0.1, 0.15) is 49.1 Å². The smallest absolute Gasteiger partial charge is 0.314 e. The van der Waals surface area contributed by atoms with E-state index in [1.807, 2.05) is 0 Å². The average molecular weight is 288 g/mol. The summed E-state index contributed by atoms with van der Waals surface area (Å²) in [4.78, 5) is 11.9. The van der Waals surface area contributed by atoms with Crippen LogP contribution in [0.15, 0.2) is 24.3 Å². The Labute approximate surface area is 125 Å². The Bertz CT molecular complexity index is 511. The van der Waals surface area contributed by atoms with Gasteiger partial charge in [-0.25, -0.2) is 4.79 Å². The van der Waals surface area contributed by atoms with E-state index in [1.54, 1.807) is 0 Å². The van der Waals surface area contributed by atoms with Gasteiger partial charge in [-0.3, -0.25) is 0 Å². The van der Waals surface area contributed by atoms with Crippen molar-refractivity contribution in [2.45, 2.75) is 50.0 Å². The van der Waals surface area contributed by atoms with Crippen molar-refractivity contribution in [2.24, 2.45) is 0 Å². The predicted octanol–water partition coefficient (Wildman–Crippen LogP) is 2.32. The molecule has 1 aromatic rings. The highest BCUT2D eigenvalue weighted by Crippen LogP contribution is 2.31. The number of aryl methyl sites for hydroxylation is 1. The molecule has 114 valence electrons. The van der Waals surface area contributed by atoms with Gasteiger partial charge < -0.3 is 15.7 Å². The zero-order chi connectivity index (χ0) is 14.7. The van der Waals surface area contributed by atoms with Gasteiger partial charge in [0.1, 0.15) is 0 Å². The van der Waals surface area contributed by atoms with Crippen molar-refractivity contribution in [3.8, 4) is 0 Å². The fourth-order valence-electron chi connectivity index (χ4n) is 3.35. The maximum Gasteiger partial charge on any atom is 0.314 e. The molecule has 21 heavy (non-hydrogen) atoms. The summed E-state index contributed by atoms with van der Waals surface area (Å²) in [5, 5.41) is 15.7. The maximum atomic E-state index is 11.9. The van der Waals surface area contributed by atoms with Crippen LogP contribution in [0.3, 0.4) is 0 Å². The van der Waals surface area contributed by atoms with Gasteiger partial charge in [0.15, 0.2) is 0 Å². The first-order valence-electron chi connectivity index (χ1n) is 7.98. The Morgan fingerprint density at radius 2 is 2.05 bits per heavy atom. The molecular formula is C17H24N2O2. The molecule has 0 bridgehead atoms. The lowest BCUT2D eigenvalue weighted by atomic mass is 9.80. The Kier molecular flexibility index (Phi) is 4.15. The molecule has 0 aromatic heterocycles. The molecule has 4 nitrogen and oxygen atoms in total. The summed E-state index contributed by atoms with van der Waals surface area (Å²) < 4.78 is 0. The highest BCUT2D eigenvalue weighted by atomic mass is 16.3. The third kappa shape index (κ3) is 3.38. The lowest BCUT2D eigenvalue weighted by Gasteiger charge is -2.36. The number of amides is 2. The summed E-state index contributed by atoms with van der Waals surface area (Å²) >= 11 is 0. The van der Waals surface area contributed by atoms with Crippen LogP contribution in [-0.2, 0) is 6.42 Å². The zero-order valence-corrected chi connectivity index (χ0v) is 12.4. The third-order valence-electron chi connectivity index (χ3n) is 4.86. The van der Waals surface area contributed by atoms with Crippen molar-refractivity contribution in [3.05, 3.63) is 35.4 Å². The molecule has 0 heterocycles. The molecule has 0 radical (unpaired) electrons. The van der Waals surface area contributed by atoms with Crippen molar-refractivity contribution in [1.82, 2.24) is 10.6 Å². The van der Waals surface area contributed by atoms with Gasteiger partial charge in [-0.2, -0.15) is 0 Å². The molecule has 2 aliphatic carbocycles. The minimum absolute atomic E-state index is 0.168. The minimum atomic E-state index is -0.658. The van der Waals surface area contributed by atoms with Gasteiger partial charge in [0.05, 0.1) is 5.60 Å². The molecule has 0 saturated heterocycles. The summed E-state index contributed by atoms with van der Waals surface area (Å²) in [7, 11) is 0. The Morgan fingerprint density at radius 1 is 1.24 bits per heavy atom. The number of carbonyl (C=O) groups excluding carboxylic acids is 1. The van der Waals surface area contributed by atoms with E-state index in [1.165, 1.54) is 17.5 Å². The summed E-state index contributed by atoms with van der Waals surface area (Å²) in [5.41, 5.74) is 2.14. The SMILES string of the molecule is O=C(NCC1CCCc2ccccc21)NCC1(O)CCC1. The number of benzene rings is 1. The highest BCUT2D eigenvalue weighted by Gasteiger charge is 2.34. The van der Waals surface area contributed by atoms with Crippen LogP contribution in [0.4, 0.5) is 4.79 Å². The number of aliphatic hydroxyl groups is 1. The van der Waals surface area contributed by atoms with E-state index in [4.69, 9.17) is 0 Å². The molecule has 2 amide bonds. The molecule has 1 atom stereocenters. The maximum absolute atomic E-state index is 11.9. The van der Waals surface area contributed by atoms with Crippen LogP contribution in [0.5, 0.6) is 0 Å². The summed E-state index contributed by atoms with van der Waals surface area (Å²) in [6.45, 7) is 1.03. The fraction of sp³-hybridized carbons (Fsp3) is 0.588. The fourth-order valence-corrected chi connectivity index (χ4v) is 3.35. The van der Waals surface area contributed by atoms with Crippen LogP contribution < -0.4 is 10.6 Å². The first-order chi connectivity index (χ1) is 10.2. The third-order valence-corrected chi connectivity index (χ3v) is 4.86. The van der Waals surface area contributed by atoms with Crippen molar-refractivity contribution in [3.63, 3.8) is 0 Å². The standard InChI is InChI=1S/C17H24N2O2/c20-16(19-12-17(21)9-4-10-17)18-11-14-7-3-6-13-5-1-2-8-15(13)14/h1-2,5,8,14,21H,3-4,6-7,9-12H2,(H2,18,19,20). The zero-order valence-electron chi connectivity index (χ0n) is 12.4. The Balaban J connectivity index is 1.48. The Hall–Kier alpha value is -1.55. The largest absolute Gasteiger partial charge is 0.388 e. The topological polar surface area (TPSA) is 61.4 Å². The van der Waals surface area contributed by atoms with Gasteiger partial charge >= 0.3 is 6.03 Å². The van der Waals surface area contributed by atoms with Crippen LogP contribution in [-0.4, -0.2) is 29.8 Å². The van der Waals surface area contributed by atoms with Crippen LogP contribution in [0, 0.1) is 0 Å². The van der Waals surface area contributed by atoms with Gasteiger partial charge in [-0.05, 0) is 49.7 Å². The number of carbonyl (C=O) groups is 1. The molecule has 3 rings (SSSR count). The van der Waals surface area contributed by atoms with Crippen molar-refractivity contribution >= 4 is 6.03 Å². The van der Waals surface area contributed by atoms with E-state index in [-0.39, 0.29) is 6.03 Å². The van der Waals surface area contributed by atoms with Crippen LogP contribution in [0.25, 0.3) is 0 Å². The molecule has 4 heteroatoms. The quantitative estimate of drug-likeness (QED) is 0.796. The average Bonchev–Trinajstić information content (AvgIpc) is 2.49. The summed E-state index contributed by atoms with van der Waals surface area (Å²) in [6.07, 6.45) is 6.10. The number of fused-ring (bicyclic) bond motifs is 1. The molecule has 0 aliphatic heterocycles. The van der Waals surface area contributed by atoms with E-state index in [0.717, 1.165) is 32.1 Å². The second-order valence-electron chi connectivity index (χ2n) is 6.43. The number of urea groups is 1. The van der Waals surface area contributed by atoms with Gasteiger partial charge in [0.25, 0.3) is 0 Å². The normalized spacial score (nSPS) is 22.8. The van der Waals surface area contributed by atoms with Gasteiger partial charge in [-0.15, -0.1) is 0 Å². The number of hydrogen-bond donors (Lipinski definition) is 3. The minimum Gasteiger partial charge on any atom is -0.388 e. The van der Waals surface area contributed by atoms with E-state index >= 15 is 0 Å². The van der Waals surface area contributed by atoms with E-state index in [9.17, 15) is 9.90 Å². The molecule has 2 aliphatic rings. The van der Waals surface area contributed by atoms with E-state index in [0.29, 0.717) is 19.0 Å². The first kappa shape index (κ1) is 14.4. The second kappa shape index (κ2) is 6.06. The predicted molar refractivity (Wildman–Crippen MR) is 82.3 cm³/mol. The first-order valence-corrected chi connectivity index (χ1v) is 7.98. The van der Waals surface area contributed by atoms with Crippen LogP contribution >= 0.6 is 0 Å². The molecule has 0 spiro atoms. The van der Waals surface area contributed by atoms with Gasteiger partial charge in [0.2, 0.25) is 0 Å². The van der Waals surface area contributed by atoms with E-state index in [2.05, 4.69) is 34.9 Å². The Morgan fingerprint density at radius 3 is 2.81 bits per heavy atom. The monoisotopic (exact) mass is 288 g/mol. The van der Waals surface area contributed by atoms with Crippen molar-refractivity contribution < 1.29 is 9.90 Å². The van der Waals surface area contributed by atoms with Gasteiger partial charge in [0, 0.05) is 19.0 Å². The van der Waals surface area contributed by atoms with Gasteiger partial charge in [-0.1, -0.05) is 24.3 Å². The number of rotatable bonds is 4. The molecular weight excluding hydrogens is 264 g/mol. The number of nitrogens with one attached hydrogen (secondary N) is 2. The molecule has 1 saturated carbocycles. The highest BCUT2D eigenvalue weighted by molar-refractivity contribution is 5.74. The number of hydrogen-bond acceptors (Lipinski definition) is 2. The van der Waals surface area contributed by atoms with Crippen molar-refractivity contribution in [1.29, 1.82) is 0 Å². The molecule has 1 fully saturated rings. The summed E-state index contributed by atoms with van der Waals surface area (Å²) in [6, 6.07) is 8.35.